The van der Waals surface area contributed by atoms with Crippen LogP contribution in [0.2, 0.25) is 5.02 Å². The number of hydrogen-bond donors (Lipinski definition) is 2. The second kappa shape index (κ2) is 6.54. The summed E-state index contributed by atoms with van der Waals surface area (Å²) in [5.41, 5.74) is 2.84. The first-order valence-electron chi connectivity index (χ1n) is 7.01. The molecular weight excluding hydrogens is 310 g/mol. The summed E-state index contributed by atoms with van der Waals surface area (Å²) in [6.45, 7) is 0. The van der Waals surface area contributed by atoms with Gasteiger partial charge in [-0.15, -0.1) is 10.2 Å². The first kappa shape index (κ1) is 15.1. The van der Waals surface area contributed by atoms with E-state index in [-0.39, 0.29) is 0 Å². The van der Waals surface area contributed by atoms with Gasteiger partial charge in [0.05, 0.1) is 16.3 Å². The second-order valence-corrected chi connectivity index (χ2v) is 5.20. The van der Waals surface area contributed by atoms with Crippen LogP contribution in [0.25, 0.3) is 11.3 Å². The Morgan fingerprint density at radius 3 is 2.52 bits per heavy atom. The van der Waals surface area contributed by atoms with E-state index in [0.717, 1.165) is 11.1 Å². The molecule has 3 rings (SSSR count). The van der Waals surface area contributed by atoms with E-state index in [2.05, 4.69) is 20.5 Å². The van der Waals surface area contributed by atoms with Gasteiger partial charge < -0.3 is 5.32 Å². The first-order chi connectivity index (χ1) is 11.2. The number of anilines is 1. The fourth-order valence-electron chi connectivity index (χ4n) is 2.26. The van der Waals surface area contributed by atoms with Gasteiger partial charge in [0.15, 0.2) is 5.82 Å². The van der Waals surface area contributed by atoms with Crippen molar-refractivity contribution in [3.63, 3.8) is 0 Å². The van der Waals surface area contributed by atoms with Crippen molar-refractivity contribution in [3.8, 4) is 11.3 Å². The van der Waals surface area contributed by atoms with E-state index < -0.39 is 0 Å². The zero-order valence-electron chi connectivity index (χ0n) is 12.4. The lowest BCUT2D eigenvalue weighted by molar-refractivity contribution is 1.03. The molecule has 0 fully saturated rings. The molecule has 2 aromatic heterocycles. The summed E-state index contributed by atoms with van der Waals surface area (Å²) in [5.74, 6) is 0.469. The number of pyridine rings is 1. The zero-order chi connectivity index (χ0) is 16.2. The van der Waals surface area contributed by atoms with Gasteiger partial charge in [-0.2, -0.15) is 0 Å². The summed E-state index contributed by atoms with van der Waals surface area (Å²) in [6, 6.07) is 13.1. The minimum atomic E-state index is 0.292. The number of benzene rings is 1. The maximum Gasteiger partial charge on any atom is 0.159 e. The normalized spacial score (nSPS) is 10.3. The Kier molecular flexibility index (Phi) is 4.30. The fraction of sp³-hybridized carbons (Fsp3) is 0.0588. The van der Waals surface area contributed by atoms with Crippen molar-refractivity contribution >= 4 is 23.1 Å². The van der Waals surface area contributed by atoms with E-state index in [0.29, 0.717) is 27.8 Å². The number of aromatic nitrogens is 3. The third-order valence-corrected chi connectivity index (χ3v) is 3.77. The molecule has 5 nitrogen and oxygen atoms in total. The molecule has 0 radical (unpaired) electrons. The predicted octanol–water partition coefficient (Wildman–Crippen LogP) is 3.65. The van der Waals surface area contributed by atoms with Crippen molar-refractivity contribution < 1.29 is 0 Å². The highest BCUT2D eigenvalue weighted by atomic mass is 35.5. The monoisotopic (exact) mass is 323 g/mol. The molecule has 114 valence electrons. The van der Waals surface area contributed by atoms with E-state index >= 15 is 0 Å². The van der Waals surface area contributed by atoms with E-state index in [1.54, 1.807) is 19.4 Å². The summed E-state index contributed by atoms with van der Waals surface area (Å²) in [4.78, 5) is 4.08. The Morgan fingerprint density at radius 2 is 1.87 bits per heavy atom. The van der Waals surface area contributed by atoms with Crippen LogP contribution < -0.4 is 5.32 Å². The highest BCUT2D eigenvalue weighted by Crippen LogP contribution is 2.32. The second-order valence-electron chi connectivity index (χ2n) is 4.82. The van der Waals surface area contributed by atoms with Crippen LogP contribution in [0.4, 0.5) is 5.82 Å². The van der Waals surface area contributed by atoms with Gasteiger partial charge >= 0.3 is 0 Å². The molecule has 0 spiro atoms. The van der Waals surface area contributed by atoms with E-state index in [9.17, 15) is 0 Å². The molecule has 0 bridgehead atoms. The van der Waals surface area contributed by atoms with Crippen LogP contribution in [0.15, 0.2) is 54.9 Å². The first-order valence-corrected chi connectivity index (χ1v) is 7.39. The van der Waals surface area contributed by atoms with Crippen LogP contribution in [-0.4, -0.2) is 27.9 Å². The van der Waals surface area contributed by atoms with Gasteiger partial charge in [-0.05, 0) is 12.1 Å². The van der Waals surface area contributed by atoms with Crippen molar-refractivity contribution in [1.29, 1.82) is 5.41 Å². The average molecular weight is 324 g/mol. The fourth-order valence-corrected chi connectivity index (χ4v) is 2.59. The van der Waals surface area contributed by atoms with Gasteiger partial charge in [0.25, 0.3) is 0 Å². The van der Waals surface area contributed by atoms with Gasteiger partial charge in [0, 0.05) is 30.6 Å². The smallest absolute Gasteiger partial charge is 0.159 e. The third kappa shape index (κ3) is 2.91. The third-order valence-electron chi connectivity index (χ3n) is 3.40. The van der Waals surface area contributed by atoms with Crippen molar-refractivity contribution in [2.24, 2.45) is 0 Å². The van der Waals surface area contributed by atoms with Crippen molar-refractivity contribution in [3.05, 3.63) is 71.0 Å². The summed E-state index contributed by atoms with van der Waals surface area (Å²) in [7, 11) is 1.73. The molecule has 3 aromatic rings. The molecule has 6 heteroatoms. The van der Waals surface area contributed by atoms with E-state index in [4.69, 9.17) is 17.0 Å². The maximum atomic E-state index is 8.51. The van der Waals surface area contributed by atoms with Gasteiger partial charge in [-0.1, -0.05) is 41.9 Å². The molecule has 2 N–H and O–H groups in total. The molecule has 2 heterocycles. The van der Waals surface area contributed by atoms with Gasteiger partial charge in [0.1, 0.15) is 5.69 Å². The van der Waals surface area contributed by atoms with Gasteiger partial charge in [0.2, 0.25) is 0 Å². The summed E-state index contributed by atoms with van der Waals surface area (Å²) >= 11 is 6.56. The Morgan fingerprint density at radius 1 is 1.09 bits per heavy atom. The lowest BCUT2D eigenvalue weighted by Gasteiger charge is -2.13. The predicted molar refractivity (Wildman–Crippen MR) is 92.2 cm³/mol. The molecule has 0 aliphatic heterocycles. The Balaban J connectivity index is 2.17. The number of rotatable bonds is 4. The Labute approximate surface area is 138 Å². The lowest BCUT2D eigenvalue weighted by atomic mass is 10.0. The van der Waals surface area contributed by atoms with E-state index in [1.165, 1.54) is 0 Å². The number of hydrogen-bond acceptors (Lipinski definition) is 5. The molecule has 0 aliphatic rings. The summed E-state index contributed by atoms with van der Waals surface area (Å²) in [5, 5.41) is 20.2. The lowest BCUT2D eigenvalue weighted by Crippen LogP contribution is -2.10. The van der Waals surface area contributed by atoms with Gasteiger partial charge in [-0.25, -0.2) is 0 Å². The molecular formula is C17H14ClN5. The quantitative estimate of drug-likeness (QED) is 0.719. The van der Waals surface area contributed by atoms with Crippen LogP contribution in [0, 0.1) is 5.41 Å². The maximum absolute atomic E-state index is 8.51. The minimum Gasteiger partial charge on any atom is -0.371 e. The molecule has 0 aliphatic carbocycles. The molecule has 0 atom stereocenters. The number of nitrogens with zero attached hydrogens (tertiary/aromatic N) is 3. The molecule has 0 saturated heterocycles. The number of nitrogens with one attached hydrogen (secondary N) is 2. The average Bonchev–Trinajstić information content (AvgIpc) is 2.62. The SMILES string of the molecule is CNc1nnc(-c2cccnc2)c(Cl)c1C(=N)c1ccccc1. The minimum absolute atomic E-state index is 0.292. The van der Waals surface area contributed by atoms with Gasteiger partial charge in [-0.3, -0.25) is 10.4 Å². The van der Waals surface area contributed by atoms with Crippen molar-refractivity contribution in [2.75, 3.05) is 12.4 Å². The Hall–Kier alpha value is -2.79. The molecule has 0 unspecified atom stereocenters. The molecule has 23 heavy (non-hydrogen) atoms. The van der Waals surface area contributed by atoms with Crippen LogP contribution in [0.3, 0.4) is 0 Å². The van der Waals surface area contributed by atoms with E-state index in [1.807, 2.05) is 42.5 Å². The molecule has 0 amide bonds. The van der Waals surface area contributed by atoms with Crippen LogP contribution in [-0.2, 0) is 0 Å². The molecule has 1 aromatic carbocycles. The summed E-state index contributed by atoms with van der Waals surface area (Å²) in [6.07, 6.45) is 3.35. The highest BCUT2D eigenvalue weighted by molar-refractivity contribution is 6.38. The van der Waals surface area contributed by atoms with Crippen LogP contribution in [0.1, 0.15) is 11.1 Å². The largest absolute Gasteiger partial charge is 0.371 e. The Bertz CT molecular complexity index is 834. The molecule has 0 saturated carbocycles. The zero-order valence-corrected chi connectivity index (χ0v) is 13.2. The van der Waals surface area contributed by atoms with Crippen LogP contribution in [0.5, 0.6) is 0 Å². The highest BCUT2D eigenvalue weighted by Gasteiger charge is 2.20. The van der Waals surface area contributed by atoms with Crippen molar-refractivity contribution in [1.82, 2.24) is 15.2 Å². The van der Waals surface area contributed by atoms with Crippen LogP contribution >= 0.6 is 11.6 Å². The standard InChI is InChI=1S/C17H14ClN5/c1-20-17-13(15(19)11-6-3-2-4-7-11)14(18)16(22-23-17)12-8-5-9-21-10-12/h2-10,19H,1H3,(H,20,23). The summed E-state index contributed by atoms with van der Waals surface area (Å²) < 4.78 is 0. The van der Waals surface area contributed by atoms with Crippen molar-refractivity contribution in [2.45, 2.75) is 0 Å². The topological polar surface area (TPSA) is 74.6 Å². The number of halogens is 1.